The smallest absolute Gasteiger partial charge is 0.260 e. The molecule has 0 amide bonds. The second-order valence-electron chi connectivity index (χ2n) is 4.27. The van der Waals surface area contributed by atoms with Gasteiger partial charge >= 0.3 is 0 Å². The van der Waals surface area contributed by atoms with Crippen molar-refractivity contribution >= 4 is 10.0 Å². The number of nitrogens with one attached hydrogen (secondary N) is 2. The van der Waals surface area contributed by atoms with Crippen LogP contribution in [0, 0.1) is 0 Å². The Morgan fingerprint density at radius 1 is 1.58 bits per heavy atom. The van der Waals surface area contributed by atoms with Crippen LogP contribution in [0.1, 0.15) is 19.4 Å². The number of aromatic nitrogens is 2. The number of H-pyrrole nitrogens is 1. The summed E-state index contributed by atoms with van der Waals surface area (Å²) in [5.41, 5.74) is 0.630. The quantitative estimate of drug-likeness (QED) is 0.713. The van der Waals surface area contributed by atoms with Gasteiger partial charge in [-0.05, 0) is 14.0 Å². The van der Waals surface area contributed by atoms with Crippen molar-refractivity contribution in [3.05, 3.63) is 11.8 Å². The first-order valence-corrected chi connectivity index (χ1v) is 7.60. The summed E-state index contributed by atoms with van der Waals surface area (Å²) in [6, 6.07) is -0.231. The van der Waals surface area contributed by atoms with Gasteiger partial charge in [0.25, 0.3) is 10.0 Å². The maximum absolute atomic E-state index is 12.6. The first-order chi connectivity index (χ1) is 8.98. The van der Waals surface area contributed by atoms with Crippen molar-refractivity contribution in [1.82, 2.24) is 19.8 Å². The lowest BCUT2D eigenvalue weighted by atomic mass is 10.3. The summed E-state index contributed by atoms with van der Waals surface area (Å²) in [5.74, 6) is 0. The molecule has 0 saturated carbocycles. The van der Waals surface area contributed by atoms with E-state index in [1.54, 1.807) is 21.1 Å². The van der Waals surface area contributed by atoms with Gasteiger partial charge in [-0.2, -0.15) is 9.40 Å². The number of methoxy groups -OCH3 is 1. The van der Waals surface area contributed by atoms with Gasteiger partial charge in [0.05, 0.1) is 12.8 Å². The predicted octanol–water partition coefficient (Wildman–Crippen LogP) is 0.175. The third-order valence-corrected chi connectivity index (χ3v) is 4.93. The summed E-state index contributed by atoms with van der Waals surface area (Å²) in [6.45, 7) is 4.80. The Hall–Kier alpha value is -0.960. The molecule has 0 aliphatic rings. The van der Waals surface area contributed by atoms with Crippen LogP contribution >= 0.6 is 0 Å². The first-order valence-electron chi connectivity index (χ1n) is 6.16. The molecule has 0 fully saturated rings. The summed E-state index contributed by atoms with van der Waals surface area (Å²) < 4.78 is 31.7. The number of sulfonamides is 1. The van der Waals surface area contributed by atoms with Gasteiger partial charge in [-0.15, -0.1) is 0 Å². The third-order valence-electron chi connectivity index (χ3n) is 2.82. The normalized spacial score (nSPS) is 13.9. The molecule has 1 aromatic heterocycles. The standard InChI is InChI=1S/C11H22N4O3S/c1-5-15(9(2)8-18-4)19(16,17)11-10(6-12-3)7-13-14-11/h7,9,12H,5-6,8H2,1-4H3,(H,13,14). The van der Waals surface area contributed by atoms with E-state index in [4.69, 9.17) is 4.74 Å². The molecule has 1 heterocycles. The molecule has 1 atom stereocenters. The topological polar surface area (TPSA) is 87.3 Å². The first kappa shape index (κ1) is 16.1. The Morgan fingerprint density at radius 2 is 2.26 bits per heavy atom. The van der Waals surface area contributed by atoms with Crippen molar-refractivity contribution in [2.24, 2.45) is 0 Å². The molecule has 2 N–H and O–H groups in total. The number of hydrogen-bond donors (Lipinski definition) is 2. The summed E-state index contributed by atoms with van der Waals surface area (Å²) in [7, 11) is -0.273. The van der Waals surface area contributed by atoms with E-state index in [1.165, 1.54) is 10.5 Å². The molecular formula is C11H22N4O3S. The number of hydrogen-bond acceptors (Lipinski definition) is 5. The summed E-state index contributed by atoms with van der Waals surface area (Å²) in [4.78, 5) is 0. The molecule has 0 spiro atoms. The van der Waals surface area contributed by atoms with Crippen LogP contribution in [-0.2, 0) is 21.3 Å². The van der Waals surface area contributed by atoms with Crippen molar-refractivity contribution in [1.29, 1.82) is 0 Å². The second kappa shape index (κ2) is 6.99. The Kier molecular flexibility index (Phi) is 5.92. The molecule has 110 valence electrons. The lowest BCUT2D eigenvalue weighted by Crippen LogP contribution is -2.41. The maximum atomic E-state index is 12.6. The molecule has 0 aliphatic heterocycles. The van der Waals surface area contributed by atoms with E-state index >= 15 is 0 Å². The van der Waals surface area contributed by atoms with Crippen LogP contribution in [0.15, 0.2) is 11.2 Å². The number of nitrogens with zero attached hydrogens (tertiary/aromatic N) is 2. The van der Waals surface area contributed by atoms with Gasteiger partial charge in [-0.25, -0.2) is 8.42 Å². The highest BCUT2D eigenvalue weighted by Gasteiger charge is 2.30. The molecule has 1 rings (SSSR count). The van der Waals surface area contributed by atoms with Crippen molar-refractivity contribution in [3.8, 4) is 0 Å². The molecule has 1 unspecified atom stereocenters. The van der Waals surface area contributed by atoms with Gasteiger partial charge in [0, 0.05) is 31.8 Å². The average Bonchev–Trinajstić information content (AvgIpc) is 2.79. The molecule has 19 heavy (non-hydrogen) atoms. The zero-order chi connectivity index (χ0) is 14.5. The van der Waals surface area contributed by atoms with Gasteiger partial charge in [0.1, 0.15) is 0 Å². The molecule has 0 radical (unpaired) electrons. The molecule has 7 nitrogen and oxygen atoms in total. The number of likely N-dealkylation sites (N-methyl/N-ethyl adjacent to an activating group) is 1. The van der Waals surface area contributed by atoms with Crippen LogP contribution in [-0.4, -0.2) is 56.3 Å². The Labute approximate surface area is 114 Å². The van der Waals surface area contributed by atoms with Gasteiger partial charge in [0.15, 0.2) is 5.03 Å². The molecule has 8 heteroatoms. The number of rotatable bonds is 8. The molecule has 0 aromatic carbocycles. The van der Waals surface area contributed by atoms with Crippen LogP contribution in [0.2, 0.25) is 0 Å². The van der Waals surface area contributed by atoms with Gasteiger partial charge < -0.3 is 10.1 Å². The molecule has 0 saturated heterocycles. The minimum absolute atomic E-state index is 0.145. The Morgan fingerprint density at radius 3 is 2.79 bits per heavy atom. The lowest BCUT2D eigenvalue weighted by Gasteiger charge is -2.26. The maximum Gasteiger partial charge on any atom is 0.260 e. The van der Waals surface area contributed by atoms with Crippen LogP contribution in [0.3, 0.4) is 0 Å². The van der Waals surface area contributed by atoms with Crippen molar-refractivity contribution in [2.45, 2.75) is 31.5 Å². The summed E-state index contributed by atoms with van der Waals surface area (Å²) >= 11 is 0. The van der Waals surface area contributed by atoms with Gasteiger partial charge in [-0.3, -0.25) is 5.10 Å². The largest absolute Gasteiger partial charge is 0.383 e. The third kappa shape index (κ3) is 3.53. The highest BCUT2D eigenvalue weighted by Crippen LogP contribution is 2.19. The van der Waals surface area contributed by atoms with Gasteiger partial charge in [0.2, 0.25) is 0 Å². The summed E-state index contributed by atoms with van der Waals surface area (Å²) in [5, 5.41) is 9.48. The molecular weight excluding hydrogens is 268 g/mol. The van der Waals surface area contributed by atoms with E-state index in [2.05, 4.69) is 15.5 Å². The highest BCUT2D eigenvalue weighted by atomic mass is 32.2. The molecule has 1 aromatic rings. The number of ether oxygens (including phenoxy) is 1. The van der Waals surface area contributed by atoms with Gasteiger partial charge in [-0.1, -0.05) is 6.92 Å². The van der Waals surface area contributed by atoms with E-state index in [0.717, 1.165) is 0 Å². The number of aromatic amines is 1. The monoisotopic (exact) mass is 290 g/mol. The van der Waals surface area contributed by atoms with E-state index in [-0.39, 0.29) is 11.1 Å². The molecule has 0 bridgehead atoms. The average molecular weight is 290 g/mol. The van der Waals surface area contributed by atoms with Crippen LogP contribution < -0.4 is 5.32 Å². The Balaban J connectivity index is 3.09. The fraction of sp³-hybridized carbons (Fsp3) is 0.727. The van der Waals surface area contributed by atoms with E-state index in [1.807, 2.05) is 6.92 Å². The van der Waals surface area contributed by atoms with Crippen LogP contribution in [0.5, 0.6) is 0 Å². The van der Waals surface area contributed by atoms with Crippen LogP contribution in [0.25, 0.3) is 0 Å². The molecule has 0 aliphatic carbocycles. The van der Waals surface area contributed by atoms with Crippen LogP contribution in [0.4, 0.5) is 0 Å². The predicted molar refractivity (Wildman–Crippen MR) is 72.3 cm³/mol. The fourth-order valence-electron chi connectivity index (χ4n) is 2.00. The lowest BCUT2D eigenvalue weighted by molar-refractivity contribution is 0.142. The van der Waals surface area contributed by atoms with Crippen molar-refractivity contribution in [2.75, 3.05) is 27.3 Å². The minimum atomic E-state index is -3.59. The minimum Gasteiger partial charge on any atom is -0.383 e. The SMILES string of the molecule is CCN(C(C)COC)S(=O)(=O)c1[nH]ncc1CNC. The highest BCUT2D eigenvalue weighted by molar-refractivity contribution is 7.89. The zero-order valence-corrected chi connectivity index (χ0v) is 12.6. The van der Waals surface area contributed by atoms with E-state index < -0.39 is 10.0 Å². The fourth-order valence-corrected chi connectivity index (χ4v) is 3.73. The zero-order valence-electron chi connectivity index (χ0n) is 11.8. The van der Waals surface area contributed by atoms with E-state index in [9.17, 15) is 8.42 Å². The van der Waals surface area contributed by atoms with Crippen molar-refractivity contribution in [3.63, 3.8) is 0 Å². The van der Waals surface area contributed by atoms with E-state index in [0.29, 0.717) is 25.3 Å². The summed E-state index contributed by atoms with van der Waals surface area (Å²) in [6.07, 6.45) is 1.53. The van der Waals surface area contributed by atoms with Crippen molar-refractivity contribution < 1.29 is 13.2 Å². The Bertz CT molecular complexity index is 486. The second-order valence-corrected chi connectivity index (χ2v) is 6.09.